The van der Waals surface area contributed by atoms with Crippen molar-refractivity contribution in [2.24, 2.45) is 17.8 Å². The standard InChI is InChI=1S/C18H18O2/c19-18(20)17-15-8-7-14(10-15)16(17)13-6-5-11-3-1-2-4-12(11)9-13/h1-6,9,14-17H,7-8,10H2,(H,19,20). The van der Waals surface area contributed by atoms with Crippen molar-refractivity contribution in [3.8, 4) is 0 Å². The molecular weight excluding hydrogens is 248 g/mol. The highest BCUT2D eigenvalue weighted by Gasteiger charge is 2.51. The summed E-state index contributed by atoms with van der Waals surface area (Å²) in [6, 6.07) is 14.8. The first-order valence-corrected chi connectivity index (χ1v) is 7.45. The molecule has 0 saturated heterocycles. The van der Waals surface area contributed by atoms with Crippen molar-refractivity contribution in [1.29, 1.82) is 0 Å². The molecule has 0 amide bonds. The van der Waals surface area contributed by atoms with E-state index in [2.05, 4.69) is 30.3 Å². The van der Waals surface area contributed by atoms with Gasteiger partial charge in [0.05, 0.1) is 5.92 Å². The van der Waals surface area contributed by atoms with E-state index in [1.54, 1.807) is 0 Å². The molecule has 2 aliphatic carbocycles. The highest BCUT2D eigenvalue weighted by molar-refractivity contribution is 5.83. The number of aliphatic carboxylic acids is 1. The van der Waals surface area contributed by atoms with Crippen LogP contribution < -0.4 is 0 Å². The summed E-state index contributed by atoms with van der Waals surface area (Å²) in [7, 11) is 0. The molecule has 0 aliphatic heterocycles. The Morgan fingerprint density at radius 1 is 1.00 bits per heavy atom. The van der Waals surface area contributed by atoms with Crippen LogP contribution in [0.1, 0.15) is 30.7 Å². The van der Waals surface area contributed by atoms with Gasteiger partial charge in [-0.05, 0) is 47.4 Å². The fraction of sp³-hybridized carbons (Fsp3) is 0.389. The average Bonchev–Trinajstić information content (AvgIpc) is 3.07. The van der Waals surface area contributed by atoms with Gasteiger partial charge in [-0.25, -0.2) is 0 Å². The van der Waals surface area contributed by atoms with Crippen LogP contribution in [-0.2, 0) is 4.79 Å². The Hall–Kier alpha value is -1.83. The minimum absolute atomic E-state index is 0.171. The Labute approximate surface area is 118 Å². The van der Waals surface area contributed by atoms with Crippen LogP contribution in [0, 0.1) is 17.8 Å². The van der Waals surface area contributed by atoms with Crippen molar-refractivity contribution in [3.05, 3.63) is 48.0 Å². The minimum Gasteiger partial charge on any atom is -0.481 e. The maximum Gasteiger partial charge on any atom is 0.307 e. The molecule has 1 N–H and O–H groups in total. The molecule has 4 rings (SSSR count). The zero-order valence-corrected chi connectivity index (χ0v) is 11.3. The summed E-state index contributed by atoms with van der Waals surface area (Å²) in [5.74, 6) is 0.414. The summed E-state index contributed by atoms with van der Waals surface area (Å²) in [5.41, 5.74) is 1.23. The zero-order valence-electron chi connectivity index (χ0n) is 11.3. The average molecular weight is 266 g/mol. The molecule has 0 radical (unpaired) electrons. The summed E-state index contributed by atoms with van der Waals surface area (Å²) in [6.45, 7) is 0. The number of benzene rings is 2. The highest BCUT2D eigenvalue weighted by Crippen LogP contribution is 2.56. The quantitative estimate of drug-likeness (QED) is 0.890. The first-order chi connectivity index (χ1) is 9.74. The van der Waals surface area contributed by atoms with E-state index in [-0.39, 0.29) is 11.8 Å². The highest BCUT2D eigenvalue weighted by atomic mass is 16.4. The molecular formula is C18H18O2. The lowest BCUT2D eigenvalue weighted by Gasteiger charge is -2.28. The van der Waals surface area contributed by atoms with Crippen LogP contribution in [-0.4, -0.2) is 11.1 Å². The summed E-state index contributed by atoms with van der Waals surface area (Å²) in [6.07, 6.45) is 3.41. The van der Waals surface area contributed by atoms with Crippen molar-refractivity contribution in [2.45, 2.75) is 25.2 Å². The fourth-order valence-electron chi connectivity index (χ4n) is 4.54. The Kier molecular flexibility index (Phi) is 2.59. The number of rotatable bonds is 2. The molecule has 4 atom stereocenters. The second kappa shape index (κ2) is 4.34. The van der Waals surface area contributed by atoms with Gasteiger partial charge >= 0.3 is 5.97 Å². The molecule has 0 aromatic heterocycles. The van der Waals surface area contributed by atoms with Crippen LogP contribution in [0.2, 0.25) is 0 Å². The van der Waals surface area contributed by atoms with Crippen molar-refractivity contribution in [3.63, 3.8) is 0 Å². The molecule has 2 saturated carbocycles. The van der Waals surface area contributed by atoms with Crippen molar-refractivity contribution in [1.82, 2.24) is 0 Å². The molecule has 2 aromatic rings. The van der Waals surface area contributed by atoms with Gasteiger partial charge in [-0.1, -0.05) is 42.5 Å². The Morgan fingerprint density at radius 2 is 1.75 bits per heavy atom. The van der Waals surface area contributed by atoms with E-state index >= 15 is 0 Å². The van der Waals surface area contributed by atoms with Crippen LogP contribution in [0.15, 0.2) is 42.5 Å². The molecule has 2 bridgehead atoms. The molecule has 102 valence electrons. The third-order valence-corrected chi connectivity index (χ3v) is 5.36. The van der Waals surface area contributed by atoms with Gasteiger partial charge in [-0.3, -0.25) is 4.79 Å². The lowest BCUT2D eigenvalue weighted by atomic mass is 9.75. The van der Waals surface area contributed by atoms with E-state index < -0.39 is 5.97 Å². The molecule has 2 fully saturated rings. The first-order valence-electron chi connectivity index (χ1n) is 7.45. The zero-order chi connectivity index (χ0) is 13.7. The summed E-state index contributed by atoms with van der Waals surface area (Å²) in [4.78, 5) is 11.6. The van der Waals surface area contributed by atoms with Crippen LogP contribution in [0.5, 0.6) is 0 Å². The number of carbonyl (C=O) groups is 1. The summed E-state index contributed by atoms with van der Waals surface area (Å²) < 4.78 is 0. The first kappa shape index (κ1) is 12.0. The predicted molar refractivity (Wildman–Crippen MR) is 78.6 cm³/mol. The molecule has 0 spiro atoms. The second-order valence-electron chi connectivity index (χ2n) is 6.33. The normalized spacial score (nSPS) is 31.8. The summed E-state index contributed by atoms with van der Waals surface area (Å²) in [5, 5.41) is 12.0. The van der Waals surface area contributed by atoms with Crippen LogP contribution in [0.3, 0.4) is 0 Å². The molecule has 4 unspecified atom stereocenters. The SMILES string of the molecule is O=C(O)C1C2CCC(C2)C1c1ccc2ccccc2c1. The van der Waals surface area contributed by atoms with Crippen LogP contribution in [0.4, 0.5) is 0 Å². The van der Waals surface area contributed by atoms with E-state index in [9.17, 15) is 9.90 Å². The Morgan fingerprint density at radius 3 is 2.55 bits per heavy atom. The number of hydrogen-bond acceptors (Lipinski definition) is 1. The second-order valence-corrected chi connectivity index (χ2v) is 6.33. The van der Waals surface area contributed by atoms with Gasteiger partial charge < -0.3 is 5.11 Å². The van der Waals surface area contributed by atoms with Gasteiger partial charge in [0.1, 0.15) is 0 Å². The van der Waals surface area contributed by atoms with Crippen LogP contribution >= 0.6 is 0 Å². The number of carboxylic acids is 1. The molecule has 2 aromatic carbocycles. The number of fused-ring (bicyclic) bond motifs is 3. The molecule has 2 heteroatoms. The van der Waals surface area contributed by atoms with Gasteiger partial charge in [0.15, 0.2) is 0 Å². The third kappa shape index (κ3) is 1.67. The number of carboxylic acid groups (broad SMARTS) is 1. The van der Waals surface area contributed by atoms with E-state index in [4.69, 9.17) is 0 Å². The van der Waals surface area contributed by atoms with Gasteiger partial charge in [-0.2, -0.15) is 0 Å². The van der Waals surface area contributed by atoms with Crippen molar-refractivity contribution >= 4 is 16.7 Å². The van der Waals surface area contributed by atoms with Crippen LogP contribution in [0.25, 0.3) is 10.8 Å². The molecule has 2 aliphatic rings. The molecule has 2 nitrogen and oxygen atoms in total. The van der Waals surface area contributed by atoms with E-state index in [0.717, 1.165) is 12.8 Å². The molecule has 0 heterocycles. The third-order valence-electron chi connectivity index (χ3n) is 5.36. The Bertz CT molecular complexity index is 676. The smallest absolute Gasteiger partial charge is 0.307 e. The number of hydrogen-bond donors (Lipinski definition) is 1. The van der Waals surface area contributed by atoms with Gasteiger partial charge in [0, 0.05) is 5.92 Å². The largest absolute Gasteiger partial charge is 0.481 e. The topological polar surface area (TPSA) is 37.3 Å². The maximum absolute atomic E-state index is 11.6. The predicted octanol–water partition coefficient (Wildman–Crippen LogP) is 4.05. The Balaban J connectivity index is 1.79. The van der Waals surface area contributed by atoms with E-state index in [1.165, 1.54) is 22.8 Å². The van der Waals surface area contributed by atoms with E-state index in [1.807, 2.05) is 12.1 Å². The van der Waals surface area contributed by atoms with E-state index in [0.29, 0.717) is 11.8 Å². The minimum atomic E-state index is -0.602. The lowest BCUT2D eigenvalue weighted by molar-refractivity contribution is -0.144. The fourth-order valence-corrected chi connectivity index (χ4v) is 4.54. The molecule has 20 heavy (non-hydrogen) atoms. The monoisotopic (exact) mass is 266 g/mol. The summed E-state index contributed by atoms with van der Waals surface area (Å²) >= 11 is 0. The lowest BCUT2D eigenvalue weighted by Crippen LogP contribution is -2.27. The van der Waals surface area contributed by atoms with Gasteiger partial charge in [0.25, 0.3) is 0 Å². The van der Waals surface area contributed by atoms with Crippen molar-refractivity contribution < 1.29 is 9.90 Å². The van der Waals surface area contributed by atoms with Gasteiger partial charge in [-0.15, -0.1) is 0 Å². The maximum atomic E-state index is 11.6. The van der Waals surface area contributed by atoms with Gasteiger partial charge in [0.2, 0.25) is 0 Å². The van der Waals surface area contributed by atoms with Crippen molar-refractivity contribution in [2.75, 3.05) is 0 Å².